The number of hydrogen-bond donors (Lipinski definition) is 1. The Morgan fingerprint density at radius 2 is 1.80 bits per heavy atom. The maximum Gasteiger partial charge on any atom is 0.123 e. The Morgan fingerprint density at radius 1 is 1.27 bits per heavy atom. The number of ether oxygens (including phenoxy) is 1. The molecule has 0 spiro atoms. The quantitative estimate of drug-likeness (QED) is 0.826. The van der Waals surface area contributed by atoms with Gasteiger partial charge in [-0.3, -0.25) is 0 Å². The van der Waals surface area contributed by atoms with Crippen molar-refractivity contribution in [1.29, 1.82) is 0 Å². The van der Waals surface area contributed by atoms with E-state index in [4.69, 9.17) is 4.74 Å². The van der Waals surface area contributed by atoms with Crippen LogP contribution >= 0.6 is 0 Å². The van der Waals surface area contributed by atoms with Crippen molar-refractivity contribution in [2.24, 2.45) is 0 Å². The normalized spacial score (nSPS) is 13.9. The van der Waals surface area contributed by atoms with Gasteiger partial charge in [-0.15, -0.1) is 0 Å². The molecule has 0 amide bonds. The molecule has 0 heterocycles. The topological polar surface area (TPSA) is 21.3 Å². The summed E-state index contributed by atoms with van der Waals surface area (Å²) >= 11 is 0. The Bertz CT molecular complexity index is 308. The van der Waals surface area contributed by atoms with Gasteiger partial charge in [-0.25, -0.2) is 4.39 Å². The summed E-state index contributed by atoms with van der Waals surface area (Å²) in [7, 11) is 3.54. The first-order chi connectivity index (χ1) is 7.01. The summed E-state index contributed by atoms with van der Waals surface area (Å²) in [5, 5.41) is 3.18. The van der Waals surface area contributed by atoms with Gasteiger partial charge in [0.2, 0.25) is 0 Å². The van der Waals surface area contributed by atoms with E-state index in [9.17, 15) is 4.39 Å². The van der Waals surface area contributed by atoms with Gasteiger partial charge >= 0.3 is 0 Å². The predicted molar refractivity (Wildman–Crippen MR) is 59.3 cm³/mol. The van der Waals surface area contributed by atoms with Gasteiger partial charge in [-0.05, 0) is 38.6 Å². The van der Waals surface area contributed by atoms with Gasteiger partial charge in [-0.2, -0.15) is 0 Å². The summed E-state index contributed by atoms with van der Waals surface area (Å²) in [5.41, 5.74) is 0.692. The monoisotopic (exact) mass is 211 g/mol. The van der Waals surface area contributed by atoms with Crippen LogP contribution in [0.4, 0.5) is 4.39 Å². The molecule has 0 bridgehead atoms. The molecule has 0 aliphatic rings. The van der Waals surface area contributed by atoms with Crippen LogP contribution in [0.25, 0.3) is 0 Å². The van der Waals surface area contributed by atoms with E-state index >= 15 is 0 Å². The number of rotatable bonds is 4. The van der Waals surface area contributed by atoms with Crippen molar-refractivity contribution in [3.8, 4) is 0 Å². The lowest BCUT2D eigenvalue weighted by molar-refractivity contribution is -0.00900. The van der Waals surface area contributed by atoms with E-state index in [0.717, 1.165) is 5.56 Å². The second-order valence-corrected chi connectivity index (χ2v) is 4.08. The molecule has 2 nitrogen and oxygen atoms in total. The van der Waals surface area contributed by atoms with Crippen molar-refractivity contribution in [1.82, 2.24) is 5.32 Å². The Balaban J connectivity index is 2.97. The maximum absolute atomic E-state index is 12.8. The second-order valence-electron chi connectivity index (χ2n) is 4.08. The minimum atomic E-state index is -0.327. The van der Waals surface area contributed by atoms with Crippen molar-refractivity contribution in [3.63, 3.8) is 0 Å². The van der Waals surface area contributed by atoms with Crippen molar-refractivity contribution < 1.29 is 9.13 Å². The number of hydrogen-bond acceptors (Lipinski definition) is 2. The van der Waals surface area contributed by atoms with Crippen LogP contribution in [-0.4, -0.2) is 19.8 Å². The molecular formula is C12H18FNO. The first kappa shape index (κ1) is 12.1. The summed E-state index contributed by atoms with van der Waals surface area (Å²) in [6.07, 6.45) is 0. The number of nitrogens with one attached hydrogen (secondary N) is 1. The maximum atomic E-state index is 12.8. The van der Waals surface area contributed by atoms with E-state index in [-0.39, 0.29) is 17.5 Å². The highest BCUT2D eigenvalue weighted by Gasteiger charge is 2.29. The van der Waals surface area contributed by atoms with Gasteiger partial charge in [0.05, 0.1) is 11.6 Å². The number of methoxy groups -OCH3 is 1. The molecule has 0 saturated heterocycles. The summed E-state index contributed by atoms with van der Waals surface area (Å²) in [4.78, 5) is 0. The highest BCUT2D eigenvalue weighted by molar-refractivity contribution is 5.22. The highest BCUT2D eigenvalue weighted by atomic mass is 19.1. The molecule has 0 saturated carbocycles. The van der Waals surface area contributed by atoms with E-state index in [1.165, 1.54) is 12.1 Å². The standard InChI is InChI=1S/C12H18FNO/c1-12(2,15-4)11(14-3)9-5-7-10(13)8-6-9/h5-8,11,14H,1-4H3. The van der Waals surface area contributed by atoms with E-state index in [2.05, 4.69) is 5.32 Å². The first-order valence-electron chi connectivity index (χ1n) is 4.99. The number of halogens is 1. The molecule has 1 rings (SSSR count). The van der Waals surface area contributed by atoms with E-state index in [0.29, 0.717) is 0 Å². The summed E-state index contributed by atoms with van der Waals surface area (Å²) in [5.74, 6) is -0.219. The largest absolute Gasteiger partial charge is 0.377 e. The van der Waals surface area contributed by atoms with Gasteiger partial charge in [0.25, 0.3) is 0 Å². The van der Waals surface area contributed by atoms with E-state index < -0.39 is 0 Å². The predicted octanol–water partition coefficient (Wildman–Crippen LogP) is 2.51. The Hall–Kier alpha value is -0.930. The average Bonchev–Trinajstić information content (AvgIpc) is 2.22. The lowest BCUT2D eigenvalue weighted by Gasteiger charge is -2.33. The first-order valence-corrected chi connectivity index (χ1v) is 4.99. The lowest BCUT2D eigenvalue weighted by atomic mass is 9.92. The smallest absolute Gasteiger partial charge is 0.123 e. The Morgan fingerprint density at radius 3 is 2.20 bits per heavy atom. The highest BCUT2D eigenvalue weighted by Crippen LogP contribution is 2.27. The van der Waals surface area contributed by atoms with E-state index in [1.807, 2.05) is 20.9 Å². The zero-order valence-corrected chi connectivity index (χ0v) is 9.67. The summed E-state index contributed by atoms with van der Waals surface area (Å²) in [6.45, 7) is 4.00. The minimum absolute atomic E-state index is 0.0445. The van der Waals surface area contributed by atoms with Crippen molar-refractivity contribution in [3.05, 3.63) is 35.6 Å². The molecule has 15 heavy (non-hydrogen) atoms. The fourth-order valence-corrected chi connectivity index (χ4v) is 1.69. The Labute approximate surface area is 90.4 Å². The zero-order chi connectivity index (χ0) is 11.5. The van der Waals surface area contributed by atoms with Crippen LogP contribution in [0.2, 0.25) is 0 Å². The van der Waals surface area contributed by atoms with Crippen LogP contribution in [0.3, 0.4) is 0 Å². The van der Waals surface area contributed by atoms with Crippen molar-refractivity contribution in [2.45, 2.75) is 25.5 Å². The van der Waals surface area contributed by atoms with Crippen molar-refractivity contribution in [2.75, 3.05) is 14.2 Å². The molecule has 1 aromatic carbocycles. The zero-order valence-electron chi connectivity index (χ0n) is 9.67. The molecule has 1 unspecified atom stereocenters. The molecule has 84 valence electrons. The van der Waals surface area contributed by atoms with Crippen molar-refractivity contribution >= 4 is 0 Å². The lowest BCUT2D eigenvalue weighted by Crippen LogP contribution is -2.39. The van der Waals surface area contributed by atoms with Crippen LogP contribution in [0.1, 0.15) is 25.5 Å². The molecule has 3 heteroatoms. The number of likely N-dealkylation sites (N-methyl/N-ethyl adjacent to an activating group) is 1. The van der Waals surface area contributed by atoms with Gasteiger partial charge in [0.1, 0.15) is 5.82 Å². The van der Waals surface area contributed by atoms with Crippen LogP contribution in [-0.2, 0) is 4.74 Å². The number of benzene rings is 1. The molecule has 0 aliphatic heterocycles. The SMILES string of the molecule is CNC(c1ccc(F)cc1)C(C)(C)OC. The van der Waals surface area contributed by atoms with E-state index in [1.54, 1.807) is 19.2 Å². The molecular weight excluding hydrogens is 193 g/mol. The van der Waals surface area contributed by atoms with Crippen LogP contribution in [0, 0.1) is 5.82 Å². The summed E-state index contributed by atoms with van der Waals surface area (Å²) < 4.78 is 18.2. The second kappa shape index (κ2) is 4.73. The third kappa shape index (κ3) is 2.76. The van der Waals surface area contributed by atoms with Gasteiger partial charge in [0, 0.05) is 7.11 Å². The third-order valence-corrected chi connectivity index (χ3v) is 2.71. The van der Waals surface area contributed by atoms with Gasteiger partial charge in [-0.1, -0.05) is 12.1 Å². The van der Waals surface area contributed by atoms with Gasteiger partial charge < -0.3 is 10.1 Å². The van der Waals surface area contributed by atoms with Crippen LogP contribution in [0.15, 0.2) is 24.3 Å². The average molecular weight is 211 g/mol. The molecule has 1 atom stereocenters. The van der Waals surface area contributed by atoms with Crippen LogP contribution < -0.4 is 5.32 Å². The Kier molecular flexibility index (Phi) is 3.83. The molecule has 0 fully saturated rings. The molecule has 1 N–H and O–H groups in total. The molecule has 1 aromatic rings. The molecule has 0 aliphatic carbocycles. The fourth-order valence-electron chi connectivity index (χ4n) is 1.69. The third-order valence-electron chi connectivity index (χ3n) is 2.71. The van der Waals surface area contributed by atoms with Gasteiger partial charge in [0.15, 0.2) is 0 Å². The van der Waals surface area contributed by atoms with Crippen LogP contribution in [0.5, 0.6) is 0 Å². The fraction of sp³-hybridized carbons (Fsp3) is 0.500. The molecule has 0 radical (unpaired) electrons. The molecule has 0 aromatic heterocycles. The summed E-state index contributed by atoms with van der Waals surface area (Å²) in [6, 6.07) is 6.52. The minimum Gasteiger partial charge on any atom is -0.377 e.